The molecule has 8 nitrogen and oxygen atoms in total. The van der Waals surface area contributed by atoms with Gasteiger partial charge in [0.05, 0.1) is 24.6 Å². The molecule has 144 valence electrons. The van der Waals surface area contributed by atoms with Gasteiger partial charge in [-0.1, -0.05) is 11.6 Å². The third-order valence-electron chi connectivity index (χ3n) is 4.15. The Kier molecular flexibility index (Phi) is 6.57. The molecule has 1 fully saturated rings. The maximum atomic E-state index is 12.6. The Morgan fingerprint density at radius 3 is 3.00 bits per heavy atom. The third-order valence-corrected chi connectivity index (χ3v) is 5.15. The number of ether oxygens (including phenoxy) is 1. The van der Waals surface area contributed by atoms with Crippen molar-refractivity contribution in [1.29, 1.82) is 0 Å². The molecule has 27 heavy (non-hydrogen) atoms. The smallest absolute Gasteiger partial charge is 0.311 e. The lowest BCUT2D eigenvalue weighted by molar-refractivity contribution is -0.142. The number of halogens is 1. The Bertz CT molecular complexity index is 798. The van der Waals surface area contributed by atoms with E-state index in [-0.39, 0.29) is 24.2 Å². The van der Waals surface area contributed by atoms with Crippen molar-refractivity contribution in [3.8, 4) is 0 Å². The number of nitrogens with zero attached hydrogens (tertiary/aromatic N) is 4. The molecule has 0 bridgehead atoms. The molecule has 2 aromatic heterocycles. The fourth-order valence-electron chi connectivity index (χ4n) is 2.89. The number of amides is 1. The lowest BCUT2D eigenvalue weighted by Gasteiger charge is -2.32. The topological polar surface area (TPSA) is 97.3 Å². The van der Waals surface area contributed by atoms with Crippen molar-refractivity contribution in [3.63, 3.8) is 0 Å². The van der Waals surface area contributed by atoms with Crippen LogP contribution in [0.2, 0.25) is 5.15 Å². The molecule has 3 heterocycles. The van der Waals surface area contributed by atoms with Gasteiger partial charge in [0.1, 0.15) is 0 Å². The van der Waals surface area contributed by atoms with Crippen LogP contribution in [0.15, 0.2) is 17.5 Å². The molecule has 0 unspecified atom stereocenters. The summed E-state index contributed by atoms with van der Waals surface area (Å²) in [5.41, 5.74) is 0.593. The van der Waals surface area contributed by atoms with Gasteiger partial charge in [0.25, 0.3) is 0 Å². The van der Waals surface area contributed by atoms with Crippen LogP contribution < -0.4 is 10.2 Å². The lowest BCUT2D eigenvalue weighted by Crippen LogP contribution is -2.41. The first-order chi connectivity index (χ1) is 13.0. The first-order valence-electron chi connectivity index (χ1n) is 8.70. The molecule has 1 amide bonds. The van der Waals surface area contributed by atoms with Crippen molar-refractivity contribution in [2.24, 2.45) is 5.92 Å². The molecule has 0 aliphatic carbocycles. The van der Waals surface area contributed by atoms with E-state index in [0.717, 1.165) is 19.4 Å². The normalized spacial score (nSPS) is 16.8. The Morgan fingerprint density at radius 2 is 2.26 bits per heavy atom. The summed E-state index contributed by atoms with van der Waals surface area (Å²) < 4.78 is 4.91. The van der Waals surface area contributed by atoms with Gasteiger partial charge in [0.2, 0.25) is 5.91 Å². The fraction of sp³-hybridized carbons (Fsp3) is 0.471. The zero-order valence-electron chi connectivity index (χ0n) is 14.9. The number of piperidine rings is 1. The highest BCUT2D eigenvalue weighted by Gasteiger charge is 2.27. The van der Waals surface area contributed by atoms with Gasteiger partial charge in [-0.25, -0.2) is 4.98 Å². The van der Waals surface area contributed by atoms with E-state index in [2.05, 4.69) is 20.5 Å². The second-order valence-corrected chi connectivity index (χ2v) is 7.36. The number of hydrogen-bond donors (Lipinski definition) is 1. The molecule has 1 atom stereocenters. The summed E-state index contributed by atoms with van der Waals surface area (Å²) in [5.74, 6) is 0.128. The van der Waals surface area contributed by atoms with Gasteiger partial charge >= 0.3 is 5.97 Å². The third kappa shape index (κ3) is 5.36. The van der Waals surface area contributed by atoms with Crippen LogP contribution in [-0.2, 0) is 20.7 Å². The molecule has 3 rings (SSSR count). The van der Waals surface area contributed by atoms with E-state index in [1.165, 1.54) is 11.3 Å². The number of carbonyl (C=O) groups is 2. The van der Waals surface area contributed by atoms with Crippen LogP contribution in [0.25, 0.3) is 0 Å². The van der Waals surface area contributed by atoms with Gasteiger partial charge in [-0.3, -0.25) is 9.59 Å². The zero-order chi connectivity index (χ0) is 19.2. The van der Waals surface area contributed by atoms with E-state index in [9.17, 15) is 9.59 Å². The summed E-state index contributed by atoms with van der Waals surface area (Å²) in [4.78, 5) is 30.4. The van der Waals surface area contributed by atoms with E-state index in [0.29, 0.717) is 34.9 Å². The van der Waals surface area contributed by atoms with E-state index < -0.39 is 0 Å². The van der Waals surface area contributed by atoms with Gasteiger partial charge in [-0.15, -0.1) is 21.5 Å². The van der Waals surface area contributed by atoms with Gasteiger partial charge < -0.3 is 15.0 Å². The Labute approximate surface area is 165 Å². The predicted molar refractivity (Wildman–Crippen MR) is 103 cm³/mol. The highest BCUT2D eigenvalue weighted by atomic mass is 35.5. The molecule has 0 saturated carbocycles. The average molecular weight is 410 g/mol. The quantitative estimate of drug-likeness (QED) is 0.732. The maximum absolute atomic E-state index is 12.6. The van der Waals surface area contributed by atoms with Crippen molar-refractivity contribution in [2.45, 2.75) is 26.2 Å². The Hall–Kier alpha value is -2.26. The zero-order valence-corrected chi connectivity index (χ0v) is 16.4. The summed E-state index contributed by atoms with van der Waals surface area (Å²) >= 11 is 7.08. The average Bonchev–Trinajstić information content (AvgIpc) is 3.09. The van der Waals surface area contributed by atoms with Gasteiger partial charge in [0.15, 0.2) is 16.1 Å². The second kappa shape index (κ2) is 9.09. The van der Waals surface area contributed by atoms with Crippen LogP contribution in [0, 0.1) is 5.92 Å². The van der Waals surface area contributed by atoms with Gasteiger partial charge in [-0.2, -0.15) is 0 Å². The first-order valence-corrected chi connectivity index (χ1v) is 9.96. The van der Waals surface area contributed by atoms with Crippen LogP contribution in [0.3, 0.4) is 0 Å². The number of nitrogens with one attached hydrogen (secondary N) is 1. The van der Waals surface area contributed by atoms with E-state index >= 15 is 0 Å². The first kappa shape index (κ1) is 19.5. The van der Waals surface area contributed by atoms with Crippen LogP contribution in [0.4, 0.5) is 10.9 Å². The van der Waals surface area contributed by atoms with E-state index in [1.54, 1.807) is 24.4 Å². The summed E-state index contributed by atoms with van der Waals surface area (Å²) in [6.07, 6.45) is 1.78. The predicted octanol–water partition coefficient (Wildman–Crippen LogP) is 2.55. The summed E-state index contributed by atoms with van der Waals surface area (Å²) in [7, 11) is 0. The number of anilines is 2. The minimum absolute atomic E-state index is 0.0846. The van der Waals surface area contributed by atoms with Crippen molar-refractivity contribution in [2.75, 3.05) is 29.9 Å². The minimum Gasteiger partial charge on any atom is -0.466 e. The standard InChI is InChI=1S/C17H20ClN5O3S/c1-2-26-15(24)8-12-10-27-17(19-12)20-16(25)11-4-3-7-23(9-11)14-6-5-13(18)21-22-14/h5-6,10-11H,2-4,7-9H2,1H3,(H,19,20,25)/t11-/m1/s1. The van der Waals surface area contributed by atoms with Crippen LogP contribution in [0.1, 0.15) is 25.5 Å². The van der Waals surface area contributed by atoms with Crippen molar-refractivity contribution in [1.82, 2.24) is 15.2 Å². The molecule has 1 N–H and O–H groups in total. The Morgan fingerprint density at radius 1 is 1.41 bits per heavy atom. The summed E-state index contributed by atoms with van der Waals surface area (Å²) in [5, 5.41) is 13.4. The van der Waals surface area contributed by atoms with Crippen LogP contribution >= 0.6 is 22.9 Å². The number of thiazole rings is 1. The van der Waals surface area contributed by atoms with Crippen molar-refractivity contribution < 1.29 is 14.3 Å². The highest BCUT2D eigenvalue weighted by molar-refractivity contribution is 7.13. The van der Waals surface area contributed by atoms with Crippen molar-refractivity contribution >= 4 is 45.8 Å². The number of rotatable bonds is 6. The summed E-state index contributed by atoms with van der Waals surface area (Å²) in [6.45, 7) is 3.47. The SMILES string of the molecule is CCOC(=O)Cc1csc(NC(=O)[C@@H]2CCCN(c3ccc(Cl)nn3)C2)n1. The number of aromatic nitrogens is 3. The number of esters is 1. The number of hydrogen-bond acceptors (Lipinski definition) is 8. The molecular formula is C17H20ClN5O3S. The van der Waals surface area contributed by atoms with Crippen LogP contribution in [0.5, 0.6) is 0 Å². The van der Waals surface area contributed by atoms with Crippen LogP contribution in [-0.4, -0.2) is 46.8 Å². The minimum atomic E-state index is -0.326. The molecule has 0 spiro atoms. The molecule has 1 saturated heterocycles. The van der Waals surface area contributed by atoms with Gasteiger partial charge in [0, 0.05) is 18.5 Å². The van der Waals surface area contributed by atoms with E-state index in [4.69, 9.17) is 16.3 Å². The molecule has 0 aromatic carbocycles. The molecule has 2 aromatic rings. The molecule has 1 aliphatic heterocycles. The largest absolute Gasteiger partial charge is 0.466 e. The van der Waals surface area contributed by atoms with E-state index in [1.807, 2.05) is 4.90 Å². The van der Waals surface area contributed by atoms with Crippen molar-refractivity contribution in [3.05, 3.63) is 28.4 Å². The van der Waals surface area contributed by atoms with Gasteiger partial charge in [-0.05, 0) is 31.9 Å². The fourth-order valence-corrected chi connectivity index (χ4v) is 3.70. The molecular weight excluding hydrogens is 390 g/mol. The second-order valence-electron chi connectivity index (χ2n) is 6.11. The Balaban J connectivity index is 1.57. The lowest BCUT2D eigenvalue weighted by atomic mass is 9.97. The maximum Gasteiger partial charge on any atom is 0.311 e. The summed E-state index contributed by atoms with van der Waals surface area (Å²) in [6, 6.07) is 3.49. The molecule has 0 radical (unpaired) electrons. The number of carbonyl (C=O) groups excluding carboxylic acids is 2. The molecule has 1 aliphatic rings. The highest BCUT2D eigenvalue weighted by Crippen LogP contribution is 2.24. The monoisotopic (exact) mass is 409 g/mol. The molecule has 10 heteroatoms.